The molecule has 5 nitrogen and oxygen atoms in total. The molecule has 0 radical (unpaired) electrons. The minimum Gasteiger partial charge on any atom is -0.336 e. The molecule has 0 spiro atoms. The molecule has 112 valence electrons. The van der Waals surface area contributed by atoms with Gasteiger partial charge in [0, 0.05) is 31.4 Å². The maximum Gasteiger partial charge on any atom is 0.214 e. The third kappa shape index (κ3) is 3.73. The van der Waals surface area contributed by atoms with E-state index < -0.39 is 0 Å². The van der Waals surface area contributed by atoms with Crippen molar-refractivity contribution < 1.29 is 0 Å². The molecule has 1 aromatic carbocycles. The number of hydrogen-bond donors (Lipinski definition) is 2. The van der Waals surface area contributed by atoms with Crippen LogP contribution in [0.5, 0.6) is 0 Å². The lowest BCUT2D eigenvalue weighted by atomic mass is 10.0. The number of benzene rings is 1. The second kappa shape index (κ2) is 7.09. The molecule has 1 aliphatic rings. The molecule has 0 amide bonds. The Morgan fingerprint density at radius 1 is 1.48 bits per heavy atom. The molecule has 21 heavy (non-hydrogen) atoms. The maximum absolute atomic E-state index is 9.02. The van der Waals surface area contributed by atoms with Gasteiger partial charge in [-0.15, -0.1) is 4.99 Å². The number of guanidine groups is 1. The van der Waals surface area contributed by atoms with Crippen molar-refractivity contribution in [2.75, 3.05) is 25.0 Å². The lowest BCUT2D eigenvalue weighted by Gasteiger charge is -2.40. The highest BCUT2D eigenvalue weighted by Gasteiger charge is 2.27. The molecular formula is C16H23N5. The van der Waals surface area contributed by atoms with Crippen LogP contribution in [0.25, 0.3) is 0 Å². The van der Waals surface area contributed by atoms with E-state index in [9.17, 15) is 0 Å². The molecule has 1 fully saturated rings. The largest absolute Gasteiger partial charge is 0.336 e. The van der Waals surface area contributed by atoms with E-state index in [0.29, 0.717) is 17.9 Å². The predicted molar refractivity (Wildman–Crippen MR) is 86.1 cm³/mol. The highest BCUT2D eigenvalue weighted by atomic mass is 15.3. The summed E-state index contributed by atoms with van der Waals surface area (Å²) < 4.78 is 0. The van der Waals surface area contributed by atoms with Crippen LogP contribution in [0.15, 0.2) is 29.3 Å². The van der Waals surface area contributed by atoms with Gasteiger partial charge in [-0.3, -0.25) is 0 Å². The minimum atomic E-state index is 0.336. The van der Waals surface area contributed by atoms with Crippen molar-refractivity contribution >= 4 is 11.6 Å². The lowest BCUT2D eigenvalue weighted by molar-refractivity contribution is 0.206. The number of rotatable bonds is 2. The van der Waals surface area contributed by atoms with Crippen LogP contribution in [0.1, 0.15) is 19.4 Å². The maximum atomic E-state index is 9.02. The SMILES string of the molecule is Cc1ccccc1N/C(=N\C#N)N1CCNCC1C(C)C. The van der Waals surface area contributed by atoms with Crippen molar-refractivity contribution in [3.63, 3.8) is 0 Å². The van der Waals surface area contributed by atoms with Crippen LogP contribution in [-0.4, -0.2) is 36.5 Å². The molecule has 1 atom stereocenters. The monoisotopic (exact) mass is 285 g/mol. The van der Waals surface area contributed by atoms with Gasteiger partial charge in [-0.2, -0.15) is 5.26 Å². The fourth-order valence-corrected chi connectivity index (χ4v) is 2.63. The van der Waals surface area contributed by atoms with E-state index in [-0.39, 0.29) is 0 Å². The van der Waals surface area contributed by atoms with Crippen LogP contribution < -0.4 is 10.6 Å². The summed E-state index contributed by atoms with van der Waals surface area (Å²) in [5.41, 5.74) is 2.13. The van der Waals surface area contributed by atoms with E-state index in [1.54, 1.807) is 0 Å². The highest BCUT2D eigenvalue weighted by molar-refractivity contribution is 5.95. The molecular weight excluding hydrogens is 262 g/mol. The van der Waals surface area contributed by atoms with E-state index in [4.69, 9.17) is 5.26 Å². The van der Waals surface area contributed by atoms with Gasteiger partial charge in [0.05, 0.1) is 0 Å². The van der Waals surface area contributed by atoms with Crippen LogP contribution >= 0.6 is 0 Å². The normalized spacial score (nSPS) is 19.5. The zero-order valence-corrected chi connectivity index (χ0v) is 12.9. The Balaban J connectivity index is 2.25. The zero-order valence-electron chi connectivity index (χ0n) is 12.9. The molecule has 0 aromatic heterocycles. The van der Waals surface area contributed by atoms with Gasteiger partial charge in [-0.1, -0.05) is 32.0 Å². The van der Waals surface area contributed by atoms with Crippen molar-refractivity contribution in [1.29, 1.82) is 5.26 Å². The summed E-state index contributed by atoms with van der Waals surface area (Å²) in [6.45, 7) is 9.11. The molecule has 5 heteroatoms. The van der Waals surface area contributed by atoms with E-state index in [1.165, 1.54) is 0 Å². The van der Waals surface area contributed by atoms with E-state index in [1.807, 2.05) is 37.4 Å². The zero-order chi connectivity index (χ0) is 15.2. The van der Waals surface area contributed by atoms with Gasteiger partial charge in [-0.25, -0.2) is 0 Å². The molecule has 0 bridgehead atoms. The Hall–Kier alpha value is -2.06. The standard InChI is InChI=1S/C16H23N5/c1-12(2)15-10-18-8-9-21(15)16(19-11-17)20-14-7-5-4-6-13(14)3/h4-7,12,15,18H,8-10H2,1-3H3,(H,19,20). The summed E-state index contributed by atoms with van der Waals surface area (Å²) in [7, 11) is 0. The summed E-state index contributed by atoms with van der Waals surface area (Å²) >= 11 is 0. The molecule has 1 aliphatic heterocycles. The van der Waals surface area contributed by atoms with Crippen molar-refractivity contribution in [3.05, 3.63) is 29.8 Å². The van der Waals surface area contributed by atoms with Gasteiger partial charge >= 0.3 is 0 Å². The average Bonchev–Trinajstić information content (AvgIpc) is 2.49. The number of nitriles is 1. The van der Waals surface area contributed by atoms with E-state index in [0.717, 1.165) is 30.9 Å². The van der Waals surface area contributed by atoms with Crippen molar-refractivity contribution in [2.24, 2.45) is 10.9 Å². The number of nitrogens with one attached hydrogen (secondary N) is 2. The summed E-state index contributed by atoms with van der Waals surface area (Å²) in [5, 5.41) is 15.8. The summed E-state index contributed by atoms with van der Waals surface area (Å²) in [6, 6.07) is 8.38. The van der Waals surface area contributed by atoms with Gasteiger partial charge in [0.1, 0.15) is 0 Å². The van der Waals surface area contributed by atoms with Crippen LogP contribution in [0.3, 0.4) is 0 Å². The summed E-state index contributed by atoms with van der Waals surface area (Å²) in [6.07, 6.45) is 1.93. The quantitative estimate of drug-likeness (QED) is 0.496. The Morgan fingerprint density at radius 3 is 2.90 bits per heavy atom. The number of aryl methyl sites for hydroxylation is 1. The Bertz CT molecular complexity index is 544. The fraction of sp³-hybridized carbons (Fsp3) is 0.500. The first-order chi connectivity index (χ1) is 10.1. The van der Waals surface area contributed by atoms with Crippen LogP contribution in [0.2, 0.25) is 0 Å². The highest BCUT2D eigenvalue weighted by Crippen LogP contribution is 2.18. The Kier molecular flexibility index (Phi) is 5.18. The van der Waals surface area contributed by atoms with Crippen molar-refractivity contribution in [2.45, 2.75) is 26.8 Å². The van der Waals surface area contributed by atoms with Crippen LogP contribution in [0, 0.1) is 24.3 Å². The third-order valence-corrected chi connectivity index (χ3v) is 3.87. The summed E-state index contributed by atoms with van der Waals surface area (Å²) in [4.78, 5) is 6.23. The number of aliphatic imine (C=N–C) groups is 1. The van der Waals surface area contributed by atoms with Gasteiger partial charge in [0.15, 0.2) is 0 Å². The van der Waals surface area contributed by atoms with E-state index in [2.05, 4.69) is 34.4 Å². The lowest BCUT2D eigenvalue weighted by Crippen LogP contribution is -2.57. The molecule has 2 rings (SSSR count). The van der Waals surface area contributed by atoms with Gasteiger partial charge < -0.3 is 15.5 Å². The molecule has 1 aromatic rings. The molecule has 1 unspecified atom stereocenters. The number of piperazine rings is 1. The first-order valence-corrected chi connectivity index (χ1v) is 7.40. The van der Waals surface area contributed by atoms with Gasteiger partial charge in [0.2, 0.25) is 12.2 Å². The van der Waals surface area contributed by atoms with Gasteiger partial charge in [-0.05, 0) is 24.5 Å². The van der Waals surface area contributed by atoms with E-state index >= 15 is 0 Å². The number of nitrogens with zero attached hydrogens (tertiary/aromatic N) is 3. The number of anilines is 1. The van der Waals surface area contributed by atoms with Crippen molar-refractivity contribution in [3.8, 4) is 6.19 Å². The molecule has 2 N–H and O–H groups in total. The third-order valence-electron chi connectivity index (χ3n) is 3.87. The second-order valence-corrected chi connectivity index (χ2v) is 5.68. The molecule has 0 aliphatic carbocycles. The fourth-order valence-electron chi connectivity index (χ4n) is 2.63. The Morgan fingerprint density at radius 2 is 2.24 bits per heavy atom. The first kappa shape index (κ1) is 15.3. The molecule has 0 saturated carbocycles. The second-order valence-electron chi connectivity index (χ2n) is 5.68. The Labute approximate surface area is 126 Å². The number of hydrogen-bond acceptors (Lipinski definition) is 3. The summed E-state index contributed by atoms with van der Waals surface area (Å²) in [5.74, 6) is 1.13. The minimum absolute atomic E-state index is 0.336. The molecule has 1 heterocycles. The first-order valence-electron chi connectivity index (χ1n) is 7.40. The van der Waals surface area contributed by atoms with Gasteiger partial charge in [0.25, 0.3) is 0 Å². The predicted octanol–water partition coefficient (Wildman–Crippen LogP) is 2.17. The topological polar surface area (TPSA) is 63.5 Å². The average molecular weight is 285 g/mol. The van der Waals surface area contributed by atoms with Crippen LogP contribution in [0.4, 0.5) is 5.69 Å². The smallest absolute Gasteiger partial charge is 0.214 e. The van der Waals surface area contributed by atoms with Crippen LogP contribution in [-0.2, 0) is 0 Å². The molecule has 1 saturated heterocycles. The van der Waals surface area contributed by atoms with Crippen molar-refractivity contribution in [1.82, 2.24) is 10.2 Å². The number of para-hydroxylation sites is 1.